The van der Waals surface area contributed by atoms with E-state index in [2.05, 4.69) is 54.4 Å². The molecule has 0 saturated heterocycles. The van der Waals surface area contributed by atoms with Crippen LogP contribution in [0.15, 0.2) is 12.4 Å². The molecule has 3 heteroatoms. The van der Waals surface area contributed by atoms with Crippen LogP contribution in [-0.2, 0) is 14.1 Å². The van der Waals surface area contributed by atoms with Gasteiger partial charge in [0.2, 0.25) is 0 Å². The molecular weight excluding hydrogens is 294 g/mol. The van der Waals surface area contributed by atoms with Crippen LogP contribution in [-0.4, -0.2) is 17.7 Å². The zero-order chi connectivity index (χ0) is 17.6. The second kappa shape index (κ2) is 13.3. The fraction of sp³-hybridized carbons (Fsp3) is 0.857. The molecule has 0 aliphatic rings. The Balaban J connectivity index is 2.39. The molecule has 0 unspecified atom stereocenters. The molecule has 24 heavy (non-hydrogen) atoms. The van der Waals surface area contributed by atoms with Crippen molar-refractivity contribution in [2.45, 2.75) is 90.9 Å². The quantitative estimate of drug-likeness (QED) is 0.309. The monoisotopic (exact) mass is 336 g/mol. The molecule has 0 aliphatic heterocycles. The van der Waals surface area contributed by atoms with Crippen LogP contribution < -0.4 is 9.47 Å². The first-order valence-corrected chi connectivity index (χ1v) is 10.5. The highest BCUT2D eigenvalue weighted by Gasteiger charge is 2.20. The molecule has 0 aromatic carbocycles. The molecule has 0 saturated carbocycles. The van der Waals surface area contributed by atoms with E-state index in [-0.39, 0.29) is 0 Å². The van der Waals surface area contributed by atoms with Crippen molar-refractivity contribution in [1.29, 1.82) is 0 Å². The minimum Gasteiger partial charge on any atom is -0.264 e. The van der Waals surface area contributed by atoms with Crippen LogP contribution in [0.3, 0.4) is 0 Å². The van der Waals surface area contributed by atoms with E-state index in [9.17, 15) is 0 Å². The van der Waals surface area contributed by atoms with Gasteiger partial charge in [0.05, 0.1) is 39.6 Å². The van der Waals surface area contributed by atoms with Crippen LogP contribution in [0.4, 0.5) is 5.95 Å². The van der Waals surface area contributed by atoms with E-state index < -0.39 is 0 Å². The summed E-state index contributed by atoms with van der Waals surface area (Å²) in [6.07, 6.45) is 20.8. The van der Waals surface area contributed by atoms with Crippen molar-refractivity contribution in [3.63, 3.8) is 0 Å². The molecule has 0 spiro atoms. The zero-order valence-electron chi connectivity index (χ0n) is 16.9. The first-order chi connectivity index (χ1) is 11.7. The minimum atomic E-state index is 1.20. The molecule has 1 aromatic heterocycles. The Bertz CT molecular complexity index is 376. The van der Waals surface area contributed by atoms with Crippen LogP contribution >= 0.6 is 0 Å². The highest BCUT2D eigenvalue weighted by molar-refractivity contribution is 5.24. The average Bonchev–Trinajstić information content (AvgIpc) is 2.91. The molecule has 0 fully saturated rings. The standard InChI is InChI=1S/C21H42N3/c1-5-7-9-11-13-15-17-24(18-16-14-12-10-8-6-2)21-22(3)19-20-23(21)4/h19-20H,5-18H2,1-4H3/q+1. The van der Waals surface area contributed by atoms with Gasteiger partial charge in [0.1, 0.15) is 0 Å². The maximum atomic E-state index is 2.61. The van der Waals surface area contributed by atoms with E-state index in [1.807, 2.05) is 0 Å². The van der Waals surface area contributed by atoms with Crippen LogP contribution in [0.1, 0.15) is 90.9 Å². The summed E-state index contributed by atoms with van der Waals surface area (Å²) in [7, 11) is 4.34. The van der Waals surface area contributed by atoms with E-state index in [0.29, 0.717) is 0 Å². The molecule has 0 radical (unpaired) electrons. The molecule has 0 N–H and O–H groups in total. The summed E-state index contributed by atoms with van der Waals surface area (Å²) in [5.74, 6) is 1.36. The summed E-state index contributed by atoms with van der Waals surface area (Å²) < 4.78 is 4.54. The highest BCUT2D eigenvalue weighted by atomic mass is 15.3. The third-order valence-corrected chi connectivity index (χ3v) is 4.99. The van der Waals surface area contributed by atoms with Gasteiger partial charge in [-0.1, -0.05) is 78.1 Å². The third-order valence-electron chi connectivity index (χ3n) is 4.99. The number of imidazole rings is 1. The lowest BCUT2D eigenvalue weighted by Crippen LogP contribution is -2.40. The molecular formula is C21H42N3+. The number of unbranched alkanes of at least 4 members (excludes halogenated alkanes) is 10. The number of hydrogen-bond acceptors (Lipinski definition) is 1. The molecule has 140 valence electrons. The number of nitrogens with zero attached hydrogens (tertiary/aromatic N) is 3. The normalized spacial score (nSPS) is 11.2. The summed E-state index contributed by atoms with van der Waals surface area (Å²) in [5.41, 5.74) is 0. The molecule has 0 atom stereocenters. The lowest BCUT2D eigenvalue weighted by atomic mass is 10.1. The Morgan fingerprint density at radius 1 is 0.792 bits per heavy atom. The van der Waals surface area contributed by atoms with E-state index in [1.54, 1.807) is 0 Å². The van der Waals surface area contributed by atoms with Crippen LogP contribution in [0.25, 0.3) is 0 Å². The van der Waals surface area contributed by atoms with Gasteiger partial charge in [-0.15, -0.1) is 0 Å². The minimum absolute atomic E-state index is 1.20. The van der Waals surface area contributed by atoms with E-state index in [1.165, 1.54) is 96.1 Å². The first kappa shape index (κ1) is 21.1. The molecule has 0 aliphatic carbocycles. The van der Waals surface area contributed by atoms with Crippen LogP contribution in [0.2, 0.25) is 0 Å². The molecule has 0 amide bonds. The van der Waals surface area contributed by atoms with Crippen LogP contribution in [0.5, 0.6) is 0 Å². The van der Waals surface area contributed by atoms with E-state index in [4.69, 9.17) is 0 Å². The fourth-order valence-electron chi connectivity index (χ4n) is 3.51. The van der Waals surface area contributed by atoms with Crippen molar-refractivity contribution in [1.82, 2.24) is 4.57 Å². The molecule has 1 rings (SSSR count). The summed E-state index contributed by atoms with van der Waals surface area (Å²) in [6.45, 7) is 6.98. The van der Waals surface area contributed by atoms with Gasteiger partial charge in [-0.2, -0.15) is 0 Å². The van der Waals surface area contributed by atoms with Crippen molar-refractivity contribution in [2.75, 3.05) is 18.0 Å². The van der Waals surface area contributed by atoms with E-state index >= 15 is 0 Å². The lowest BCUT2D eigenvalue weighted by Gasteiger charge is -2.19. The first-order valence-electron chi connectivity index (χ1n) is 10.5. The third kappa shape index (κ3) is 8.21. The van der Waals surface area contributed by atoms with Gasteiger partial charge in [-0.05, 0) is 12.8 Å². The highest BCUT2D eigenvalue weighted by Crippen LogP contribution is 2.14. The van der Waals surface area contributed by atoms with Crippen molar-refractivity contribution in [3.8, 4) is 0 Å². The molecule has 0 bridgehead atoms. The second-order valence-electron chi connectivity index (χ2n) is 7.34. The van der Waals surface area contributed by atoms with E-state index in [0.717, 1.165) is 0 Å². The van der Waals surface area contributed by atoms with Gasteiger partial charge < -0.3 is 0 Å². The van der Waals surface area contributed by atoms with Gasteiger partial charge in [0.15, 0.2) is 0 Å². The van der Waals surface area contributed by atoms with Gasteiger partial charge in [0, 0.05) is 0 Å². The predicted octanol–water partition coefficient (Wildman–Crippen LogP) is 5.38. The number of aromatic nitrogens is 2. The number of rotatable bonds is 15. The summed E-state index contributed by atoms with van der Waals surface area (Å²) in [4.78, 5) is 2.61. The van der Waals surface area contributed by atoms with Gasteiger partial charge in [0.25, 0.3) is 0 Å². The van der Waals surface area contributed by atoms with Gasteiger partial charge >= 0.3 is 5.95 Å². The number of aryl methyl sites for hydroxylation is 2. The average molecular weight is 337 g/mol. The molecule has 1 aromatic rings. The van der Waals surface area contributed by atoms with Gasteiger partial charge in [-0.3, -0.25) is 4.90 Å². The second-order valence-corrected chi connectivity index (χ2v) is 7.34. The Hall–Kier alpha value is -0.990. The topological polar surface area (TPSA) is 12.1 Å². The smallest absolute Gasteiger partial charge is 0.264 e. The maximum absolute atomic E-state index is 2.61. The van der Waals surface area contributed by atoms with Crippen molar-refractivity contribution < 1.29 is 4.57 Å². The maximum Gasteiger partial charge on any atom is 0.359 e. The molecule has 1 heterocycles. The Morgan fingerprint density at radius 2 is 1.25 bits per heavy atom. The largest absolute Gasteiger partial charge is 0.359 e. The van der Waals surface area contributed by atoms with Crippen LogP contribution in [0, 0.1) is 0 Å². The van der Waals surface area contributed by atoms with Crippen molar-refractivity contribution >= 4 is 5.95 Å². The fourth-order valence-corrected chi connectivity index (χ4v) is 3.51. The lowest BCUT2D eigenvalue weighted by molar-refractivity contribution is -0.658. The summed E-state index contributed by atoms with van der Waals surface area (Å²) in [6, 6.07) is 0. The SMILES string of the molecule is CCCCCCCCN(CCCCCCCC)c1n(C)cc[n+]1C. The summed E-state index contributed by atoms with van der Waals surface area (Å²) in [5, 5.41) is 0. The Morgan fingerprint density at radius 3 is 1.67 bits per heavy atom. The Labute approximate surface area is 151 Å². The summed E-state index contributed by atoms with van der Waals surface area (Å²) >= 11 is 0. The molecule has 3 nitrogen and oxygen atoms in total. The Kier molecular flexibility index (Phi) is 11.7. The number of hydrogen-bond donors (Lipinski definition) is 0. The van der Waals surface area contributed by atoms with Crippen molar-refractivity contribution in [2.24, 2.45) is 14.1 Å². The number of anilines is 1. The van der Waals surface area contributed by atoms with Crippen molar-refractivity contribution in [3.05, 3.63) is 12.4 Å². The predicted molar refractivity (Wildman–Crippen MR) is 106 cm³/mol. The zero-order valence-corrected chi connectivity index (χ0v) is 16.9. The van der Waals surface area contributed by atoms with Gasteiger partial charge in [-0.25, -0.2) is 9.13 Å².